The molecular formula is C7H11F3O4. The van der Waals surface area contributed by atoms with Crippen LogP contribution in [-0.4, -0.2) is 44.2 Å². The molecule has 0 bridgehead atoms. The Morgan fingerprint density at radius 1 is 1.43 bits per heavy atom. The number of rotatable bonds is 6. The van der Waals surface area contributed by atoms with E-state index in [1.165, 1.54) is 7.11 Å². The Morgan fingerprint density at radius 3 is 2.36 bits per heavy atom. The van der Waals surface area contributed by atoms with Gasteiger partial charge in [0.2, 0.25) is 0 Å². The van der Waals surface area contributed by atoms with E-state index in [9.17, 15) is 18.0 Å². The zero-order valence-corrected chi connectivity index (χ0v) is 7.50. The van der Waals surface area contributed by atoms with Gasteiger partial charge in [-0.3, -0.25) is 4.79 Å². The van der Waals surface area contributed by atoms with Gasteiger partial charge < -0.3 is 14.6 Å². The molecule has 0 spiro atoms. The van der Waals surface area contributed by atoms with Crippen molar-refractivity contribution in [1.29, 1.82) is 0 Å². The van der Waals surface area contributed by atoms with Crippen LogP contribution < -0.4 is 0 Å². The molecule has 0 aromatic carbocycles. The van der Waals surface area contributed by atoms with E-state index >= 15 is 0 Å². The van der Waals surface area contributed by atoms with Crippen molar-refractivity contribution >= 4 is 5.97 Å². The quantitative estimate of drug-likeness (QED) is 0.670. The molecule has 84 valence electrons. The fourth-order valence-corrected chi connectivity index (χ4v) is 0.649. The molecular weight excluding hydrogens is 205 g/mol. The smallest absolute Gasteiger partial charge is 0.404 e. The van der Waals surface area contributed by atoms with Crippen LogP contribution in [0.3, 0.4) is 0 Å². The molecule has 7 heteroatoms. The van der Waals surface area contributed by atoms with Crippen LogP contribution in [0.1, 0.15) is 0 Å². The monoisotopic (exact) mass is 216 g/mol. The number of hydrogen-bond donors (Lipinski definition) is 1. The molecule has 4 nitrogen and oxygen atoms in total. The molecule has 1 unspecified atom stereocenters. The van der Waals surface area contributed by atoms with Gasteiger partial charge in [0, 0.05) is 7.11 Å². The Bertz CT molecular complexity index is 180. The zero-order valence-electron chi connectivity index (χ0n) is 7.50. The van der Waals surface area contributed by atoms with Crippen molar-refractivity contribution < 1.29 is 32.5 Å². The summed E-state index contributed by atoms with van der Waals surface area (Å²) in [7, 11) is 1.36. The molecule has 0 saturated carbocycles. The highest BCUT2D eigenvalue weighted by Gasteiger charge is 2.45. The Hall–Kier alpha value is -0.820. The van der Waals surface area contributed by atoms with Crippen molar-refractivity contribution in [3.63, 3.8) is 0 Å². The zero-order chi connectivity index (χ0) is 11.2. The maximum atomic E-state index is 12.0. The maximum absolute atomic E-state index is 12.0. The lowest BCUT2D eigenvalue weighted by molar-refractivity contribution is -0.203. The summed E-state index contributed by atoms with van der Waals surface area (Å²) >= 11 is 0. The maximum Gasteiger partial charge on any atom is 0.404 e. The number of carboxylic acid groups (broad SMARTS) is 1. The van der Waals surface area contributed by atoms with Crippen LogP contribution in [0.2, 0.25) is 0 Å². The van der Waals surface area contributed by atoms with Gasteiger partial charge in [0.05, 0.1) is 19.8 Å². The van der Waals surface area contributed by atoms with Crippen LogP contribution >= 0.6 is 0 Å². The van der Waals surface area contributed by atoms with Crippen molar-refractivity contribution in [1.82, 2.24) is 0 Å². The number of carboxylic acids is 1. The summed E-state index contributed by atoms with van der Waals surface area (Å²) in [6.45, 7) is -0.817. The summed E-state index contributed by atoms with van der Waals surface area (Å²) in [6, 6.07) is 0. The predicted molar refractivity (Wildman–Crippen MR) is 39.9 cm³/mol. The summed E-state index contributed by atoms with van der Waals surface area (Å²) in [4.78, 5) is 10.2. The number of methoxy groups -OCH3 is 1. The fourth-order valence-electron chi connectivity index (χ4n) is 0.649. The minimum absolute atomic E-state index is 0.0592. The molecule has 0 heterocycles. The van der Waals surface area contributed by atoms with E-state index in [-0.39, 0.29) is 13.2 Å². The van der Waals surface area contributed by atoms with E-state index in [1.807, 2.05) is 0 Å². The largest absolute Gasteiger partial charge is 0.481 e. The van der Waals surface area contributed by atoms with Gasteiger partial charge in [0.15, 0.2) is 5.92 Å². The molecule has 0 aliphatic heterocycles. The lowest BCUT2D eigenvalue weighted by Crippen LogP contribution is -2.34. The molecule has 0 aromatic heterocycles. The highest BCUT2D eigenvalue weighted by atomic mass is 19.4. The van der Waals surface area contributed by atoms with Crippen LogP contribution in [0, 0.1) is 5.92 Å². The molecule has 0 saturated heterocycles. The third-order valence-electron chi connectivity index (χ3n) is 1.41. The van der Waals surface area contributed by atoms with Gasteiger partial charge in [0.25, 0.3) is 0 Å². The van der Waals surface area contributed by atoms with Crippen LogP contribution in [0.15, 0.2) is 0 Å². The highest BCUT2D eigenvalue weighted by molar-refractivity contribution is 5.71. The molecule has 0 rings (SSSR count). The summed E-state index contributed by atoms with van der Waals surface area (Å²) in [5.74, 6) is -4.41. The van der Waals surface area contributed by atoms with Gasteiger partial charge in [-0.25, -0.2) is 0 Å². The van der Waals surface area contributed by atoms with Gasteiger partial charge in [-0.2, -0.15) is 13.2 Å². The van der Waals surface area contributed by atoms with Crippen molar-refractivity contribution in [2.45, 2.75) is 6.18 Å². The summed E-state index contributed by atoms with van der Waals surface area (Å²) in [6.07, 6.45) is -4.78. The second-order valence-corrected chi connectivity index (χ2v) is 2.50. The molecule has 14 heavy (non-hydrogen) atoms. The van der Waals surface area contributed by atoms with Gasteiger partial charge >= 0.3 is 12.1 Å². The third kappa shape index (κ3) is 5.03. The van der Waals surface area contributed by atoms with Crippen molar-refractivity contribution in [3.05, 3.63) is 0 Å². The van der Waals surface area contributed by atoms with Crippen molar-refractivity contribution in [2.24, 2.45) is 5.92 Å². The topological polar surface area (TPSA) is 55.8 Å². The minimum Gasteiger partial charge on any atom is -0.481 e. The van der Waals surface area contributed by atoms with Crippen molar-refractivity contribution in [2.75, 3.05) is 26.9 Å². The van der Waals surface area contributed by atoms with Gasteiger partial charge in [-0.05, 0) is 0 Å². The minimum atomic E-state index is -4.78. The molecule has 0 radical (unpaired) electrons. The summed E-state index contributed by atoms with van der Waals surface area (Å²) < 4.78 is 45.0. The van der Waals surface area contributed by atoms with Crippen molar-refractivity contribution in [3.8, 4) is 0 Å². The second kappa shape index (κ2) is 5.82. The van der Waals surface area contributed by atoms with Crippen LogP contribution in [0.25, 0.3) is 0 Å². The summed E-state index contributed by atoms with van der Waals surface area (Å²) in [5.41, 5.74) is 0. The van der Waals surface area contributed by atoms with Gasteiger partial charge in [-0.1, -0.05) is 0 Å². The number of hydrogen-bond acceptors (Lipinski definition) is 3. The molecule has 0 aliphatic carbocycles. The van der Waals surface area contributed by atoms with E-state index in [1.54, 1.807) is 0 Å². The van der Waals surface area contributed by atoms with Crippen LogP contribution in [0.4, 0.5) is 13.2 Å². The van der Waals surface area contributed by atoms with Crippen LogP contribution in [0.5, 0.6) is 0 Å². The van der Waals surface area contributed by atoms with Gasteiger partial charge in [-0.15, -0.1) is 0 Å². The molecule has 0 fully saturated rings. The first-order valence-electron chi connectivity index (χ1n) is 3.75. The lowest BCUT2D eigenvalue weighted by Gasteiger charge is -2.15. The molecule has 0 aliphatic rings. The van der Waals surface area contributed by atoms with E-state index in [4.69, 9.17) is 5.11 Å². The lowest BCUT2D eigenvalue weighted by atomic mass is 10.1. The Kier molecular flexibility index (Phi) is 5.47. The third-order valence-corrected chi connectivity index (χ3v) is 1.41. The van der Waals surface area contributed by atoms with E-state index in [2.05, 4.69) is 9.47 Å². The first-order chi connectivity index (χ1) is 6.39. The Labute approximate surface area is 78.6 Å². The van der Waals surface area contributed by atoms with Gasteiger partial charge in [0.1, 0.15) is 0 Å². The second-order valence-electron chi connectivity index (χ2n) is 2.50. The average Bonchev–Trinajstić information content (AvgIpc) is 2.01. The van der Waals surface area contributed by atoms with E-state index in [0.717, 1.165) is 0 Å². The Balaban J connectivity index is 3.94. The standard InChI is InChI=1S/C7H11F3O4/c1-13-2-3-14-4-5(6(11)12)7(8,9)10/h5H,2-4H2,1H3,(H,11,12). The summed E-state index contributed by atoms with van der Waals surface area (Å²) in [5, 5.41) is 8.23. The normalized spacial score (nSPS) is 14.0. The highest BCUT2D eigenvalue weighted by Crippen LogP contribution is 2.26. The number of carbonyl (C=O) groups is 1. The average molecular weight is 216 g/mol. The molecule has 0 aromatic rings. The Morgan fingerprint density at radius 2 is 2.00 bits per heavy atom. The molecule has 0 amide bonds. The number of alkyl halides is 3. The first kappa shape index (κ1) is 13.2. The van der Waals surface area contributed by atoms with E-state index in [0.29, 0.717) is 0 Å². The SMILES string of the molecule is COCCOCC(C(=O)O)C(F)(F)F. The predicted octanol–water partition coefficient (Wildman–Crippen LogP) is 0.913. The molecule has 1 N–H and O–H groups in total. The number of ether oxygens (including phenoxy) is 2. The van der Waals surface area contributed by atoms with E-state index < -0.39 is 24.7 Å². The number of aliphatic carboxylic acids is 1. The van der Waals surface area contributed by atoms with Crippen LogP contribution in [-0.2, 0) is 14.3 Å². The number of halogens is 3. The first-order valence-corrected chi connectivity index (χ1v) is 3.75. The molecule has 1 atom stereocenters. The fraction of sp³-hybridized carbons (Fsp3) is 0.857.